The molecule has 1 N–H and O–H groups in total. The summed E-state index contributed by atoms with van der Waals surface area (Å²) in [5, 5.41) is 11.5. The minimum atomic E-state index is -1.15. The van der Waals surface area contributed by atoms with Gasteiger partial charge in [0.05, 0.1) is 11.5 Å². The molecule has 1 saturated heterocycles. The van der Waals surface area contributed by atoms with Crippen molar-refractivity contribution in [2.24, 2.45) is 5.92 Å². The molecule has 3 heteroatoms. The van der Waals surface area contributed by atoms with Crippen molar-refractivity contribution in [3.63, 3.8) is 0 Å². The second kappa shape index (κ2) is 9.76. The fraction of sp³-hybridized carbons (Fsp3) is 0.393. The summed E-state index contributed by atoms with van der Waals surface area (Å²) in [6, 6.07) is 12.5. The maximum Gasteiger partial charge on any atom is 0.163 e. The molecule has 2 atom stereocenters. The summed E-state index contributed by atoms with van der Waals surface area (Å²) >= 11 is 0. The summed E-state index contributed by atoms with van der Waals surface area (Å²) in [5.41, 5.74) is 5.71. The first-order valence-electron chi connectivity index (χ1n) is 11.2. The Kier molecular flexibility index (Phi) is 7.30. The largest absolute Gasteiger partial charge is 0.385 e. The van der Waals surface area contributed by atoms with Gasteiger partial charge in [0.2, 0.25) is 0 Å². The maximum atomic E-state index is 13.2. The Hall–Kier alpha value is -2.49. The summed E-state index contributed by atoms with van der Waals surface area (Å²) in [6.45, 7) is 12.6. The van der Waals surface area contributed by atoms with Crippen LogP contribution in [0.1, 0.15) is 46.7 Å². The van der Waals surface area contributed by atoms with Crippen LogP contribution >= 0.6 is 0 Å². The van der Waals surface area contributed by atoms with E-state index >= 15 is 0 Å². The molecular formula is C28H35NO2. The van der Waals surface area contributed by atoms with E-state index in [2.05, 4.69) is 69.9 Å². The van der Waals surface area contributed by atoms with Gasteiger partial charge in [0, 0.05) is 13.1 Å². The number of hydrogen-bond acceptors (Lipinski definition) is 3. The maximum absolute atomic E-state index is 13.2. The van der Waals surface area contributed by atoms with E-state index in [4.69, 9.17) is 0 Å². The van der Waals surface area contributed by atoms with Gasteiger partial charge < -0.3 is 10.0 Å². The number of benzene rings is 2. The highest BCUT2D eigenvalue weighted by Gasteiger charge is 2.42. The Morgan fingerprint density at radius 2 is 1.61 bits per heavy atom. The lowest BCUT2D eigenvalue weighted by molar-refractivity contribution is -0.129. The summed E-state index contributed by atoms with van der Waals surface area (Å²) < 4.78 is 0. The number of piperidine rings is 1. The van der Waals surface area contributed by atoms with Gasteiger partial charge in [-0.2, -0.15) is 0 Å². The van der Waals surface area contributed by atoms with Crippen molar-refractivity contribution in [2.75, 3.05) is 19.6 Å². The molecule has 1 aliphatic rings. The van der Waals surface area contributed by atoms with Crippen molar-refractivity contribution in [2.45, 2.75) is 46.6 Å². The van der Waals surface area contributed by atoms with Crippen LogP contribution in [-0.2, 0) is 4.79 Å². The third-order valence-electron chi connectivity index (χ3n) is 6.49. The van der Waals surface area contributed by atoms with Crippen molar-refractivity contribution in [1.82, 2.24) is 4.90 Å². The Bertz CT molecular complexity index is 1000. The molecule has 164 valence electrons. The van der Waals surface area contributed by atoms with Gasteiger partial charge in [-0.3, -0.25) is 4.79 Å². The van der Waals surface area contributed by atoms with Crippen LogP contribution in [0.15, 0.2) is 48.6 Å². The molecule has 3 rings (SSSR count). The molecule has 0 spiro atoms. The first kappa shape index (κ1) is 23.2. The Morgan fingerprint density at radius 3 is 2.16 bits per heavy atom. The number of hydrogen-bond donors (Lipinski definition) is 1. The van der Waals surface area contributed by atoms with E-state index in [1.807, 2.05) is 24.3 Å². The Balaban J connectivity index is 1.86. The third kappa shape index (κ3) is 5.61. The lowest BCUT2D eigenvalue weighted by Crippen LogP contribution is -2.53. The van der Waals surface area contributed by atoms with Crippen molar-refractivity contribution in [1.29, 1.82) is 0 Å². The van der Waals surface area contributed by atoms with Gasteiger partial charge >= 0.3 is 0 Å². The van der Waals surface area contributed by atoms with Gasteiger partial charge in [-0.25, -0.2) is 0 Å². The average molecular weight is 418 g/mol. The van der Waals surface area contributed by atoms with Crippen LogP contribution in [0.5, 0.6) is 0 Å². The molecule has 0 radical (unpaired) electrons. The highest BCUT2D eigenvalue weighted by atomic mass is 16.3. The molecule has 0 aliphatic carbocycles. The number of nitrogens with zero attached hydrogens (tertiary/aromatic N) is 1. The molecule has 0 bridgehead atoms. The van der Waals surface area contributed by atoms with Crippen LogP contribution in [0.2, 0.25) is 0 Å². The fourth-order valence-electron chi connectivity index (χ4n) is 4.39. The van der Waals surface area contributed by atoms with E-state index in [-0.39, 0.29) is 5.78 Å². The van der Waals surface area contributed by atoms with E-state index in [9.17, 15) is 9.90 Å². The zero-order valence-corrected chi connectivity index (χ0v) is 19.5. The van der Waals surface area contributed by atoms with Crippen molar-refractivity contribution >= 4 is 17.9 Å². The van der Waals surface area contributed by atoms with E-state index in [0.717, 1.165) is 29.8 Å². The molecule has 3 nitrogen and oxygen atoms in total. The second-order valence-electron chi connectivity index (χ2n) is 8.98. The van der Waals surface area contributed by atoms with Gasteiger partial charge in [0.25, 0.3) is 0 Å². The number of likely N-dealkylation sites (tertiary alicyclic amines) is 1. The highest BCUT2D eigenvalue weighted by Crippen LogP contribution is 2.32. The van der Waals surface area contributed by atoms with E-state index in [0.29, 0.717) is 13.0 Å². The van der Waals surface area contributed by atoms with Crippen LogP contribution in [0.4, 0.5) is 0 Å². The predicted molar refractivity (Wildman–Crippen MR) is 130 cm³/mol. The summed E-state index contributed by atoms with van der Waals surface area (Å²) in [6.07, 6.45) is 7.92. The van der Waals surface area contributed by atoms with Gasteiger partial charge in [-0.15, -0.1) is 0 Å². The van der Waals surface area contributed by atoms with Crippen LogP contribution < -0.4 is 0 Å². The molecule has 0 amide bonds. The molecule has 2 aromatic rings. The number of carbonyl (C=O) groups is 1. The highest BCUT2D eigenvalue weighted by molar-refractivity contribution is 5.97. The topological polar surface area (TPSA) is 40.5 Å². The number of carbonyl (C=O) groups excluding carboxylic acids is 1. The SMILES string of the molecule is CCN1CCC(O)(C=Cc2ccc(C)cc2C)C(C(=O)C=Cc2ccc(C)cc2C)C1. The minimum Gasteiger partial charge on any atom is -0.385 e. The van der Waals surface area contributed by atoms with E-state index in [1.165, 1.54) is 16.7 Å². The first-order chi connectivity index (χ1) is 14.7. The molecule has 31 heavy (non-hydrogen) atoms. The summed E-state index contributed by atoms with van der Waals surface area (Å²) in [4.78, 5) is 15.5. The third-order valence-corrected chi connectivity index (χ3v) is 6.49. The molecule has 0 saturated carbocycles. The number of rotatable bonds is 6. The lowest BCUT2D eigenvalue weighted by Gasteiger charge is -2.41. The quantitative estimate of drug-likeness (QED) is 0.649. The van der Waals surface area contributed by atoms with Gasteiger partial charge in [-0.05, 0) is 69.0 Å². The Labute approximate surface area is 187 Å². The predicted octanol–water partition coefficient (Wildman–Crippen LogP) is 5.29. The molecule has 1 fully saturated rings. The molecule has 1 heterocycles. The van der Waals surface area contributed by atoms with Crippen LogP contribution in [0, 0.1) is 33.6 Å². The van der Waals surface area contributed by atoms with Crippen molar-refractivity contribution in [3.05, 3.63) is 81.9 Å². The number of ketones is 1. The van der Waals surface area contributed by atoms with Crippen LogP contribution in [-0.4, -0.2) is 41.0 Å². The molecule has 1 aliphatic heterocycles. The van der Waals surface area contributed by atoms with Crippen molar-refractivity contribution < 1.29 is 9.90 Å². The average Bonchev–Trinajstić information content (AvgIpc) is 2.72. The lowest BCUT2D eigenvalue weighted by atomic mass is 9.77. The van der Waals surface area contributed by atoms with Crippen LogP contribution in [0.3, 0.4) is 0 Å². The van der Waals surface area contributed by atoms with Crippen molar-refractivity contribution in [3.8, 4) is 0 Å². The zero-order valence-electron chi connectivity index (χ0n) is 19.5. The summed E-state index contributed by atoms with van der Waals surface area (Å²) in [7, 11) is 0. The monoisotopic (exact) mass is 417 g/mol. The standard InChI is InChI=1S/C28H35NO2/c1-6-29-16-15-28(31,14-13-25-10-8-21(3)18-23(25)5)26(19-29)27(30)12-11-24-9-7-20(2)17-22(24)4/h7-14,17-18,26,31H,6,15-16,19H2,1-5H3. The minimum absolute atomic E-state index is 0.0223. The van der Waals surface area contributed by atoms with E-state index in [1.54, 1.807) is 6.08 Å². The summed E-state index contributed by atoms with van der Waals surface area (Å²) in [5.74, 6) is -0.504. The van der Waals surface area contributed by atoms with E-state index < -0.39 is 11.5 Å². The van der Waals surface area contributed by atoms with Gasteiger partial charge in [-0.1, -0.05) is 72.7 Å². The normalized spacial score (nSPS) is 22.5. The zero-order chi connectivity index (χ0) is 22.6. The van der Waals surface area contributed by atoms with Gasteiger partial charge in [0.15, 0.2) is 5.78 Å². The fourth-order valence-corrected chi connectivity index (χ4v) is 4.39. The second-order valence-corrected chi connectivity index (χ2v) is 8.98. The number of aryl methyl sites for hydroxylation is 4. The first-order valence-corrected chi connectivity index (χ1v) is 11.2. The number of aliphatic hydroxyl groups is 1. The smallest absolute Gasteiger partial charge is 0.163 e. The molecular weight excluding hydrogens is 382 g/mol. The number of allylic oxidation sites excluding steroid dienone is 1. The van der Waals surface area contributed by atoms with Crippen LogP contribution in [0.25, 0.3) is 12.2 Å². The van der Waals surface area contributed by atoms with Gasteiger partial charge in [0.1, 0.15) is 0 Å². The molecule has 2 unspecified atom stereocenters. The molecule has 0 aromatic heterocycles. The molecule has 2 aromatic carbocycles. The Morgan fingerprint density at radius 1 is 1.03 bits per heavy atom.